The van der Waals surface area contributed by atoms with Crippen molar-refractivity contribution < 1.29 is 4.79 Å². The number of aromatic nitrogens is 2. The molecule has 2 heterocycles. The highest BCUT2D eigenvalue weighted by Crippen LogP contribution is 2.15. The molecule has 1 aromatic carbocycles. The van der Waals surface area contributed by atoms with Crippen molar-refractivity contribution in [3.8, 4) is 0 Å². The van der Waals surface area contributed by atoms with Crippen molar-refractivity contribution in [3.63, 3.8) is 0 Å². The highest BCUT2D eigenvalue weighted by Gasteiger charge is 2.20. The van der Waals surface area contributed by atoms with Crippen LogP contribution >= 0.6 is 0 Å². The molecule has 20 heavy (non-hydrogen) atoms. The van der Waals surface area contributed by atoms with Gasteiger partial charge in [-0.15, -0.1) is 0 Å². The first kappa shape index (κ1) is 13.1. The van der Waals surface area contributed by atoms with Gasteiger partial charge in [-0.3, -0.25) is 4.79 Å². The van der Waals surface area contributed by atoms with E-state index in [0.29, 0.717) is 6.54 Å². The fourth-order valence-corrected chi connectivity index (χ4v) is 2.71. The second kappa shape index (κ2) is 5.63. The van der Waals surface area contributed by atoms with Gasteiger partial charge in [0.2, 0.25) is 5.91 Å². The van der Waals surface area contributed by atoms with E-state index in [9.17, 15) is 4.79 Å². The number of hydrogen-bond donors (Lipinski definition) is 3. The minimum atomic E-state index is 0.161. The van der Waals surface area contributed by atoms with Crippen LogP contribution in [-0.4, -0.2) is 29.0 Å². The second-order valence-electron chi connectivity index (χ2n) is 5.42. The van der Waals surface area contributed by atoms with Crippen molar-refractivity contribution in [2.24, 2.45) is 5.92 Å². The molecule has 1 aliphatic heterocycles. The molecule has 0 unspecified atom stereocenters. The van der Waals surface area contributed by atoms with Crippen LogP contribution in [0.1, 0.15) is 24.2 Å². The third-order valence-electron chi connectivity index (χ3n) is 3.84. The molecule has 1 amide bonds. The molecular weight excluding hydrogens is 252 g/mol. The second-order valence-corrected chi connectivity index (χ2v) is 5.42. The number of benzene rings is 1. The molecule has 1 saturated heterocycles. The first-order valence-electron chi connectivity index (χ1n) is 7.16. The Morgan fingerprint density at radius 2 is 2.20 bits per heavy atom. The molecule has 0 spiro atoms. The lowest BCUT2D eigenvalue weighted by Gasteiger charge is -2.21. The van der Waals surface area contributed by atoms with Gasteiger partial charge in [0.15, 0.2) is 0 Å². The van der Waals surface area contributed by atoms with E-state index in [1.807, 2.05) is 19.1 Å². The topological polar surface area (TPSA) is 69.8 Å². The lowest BCUT2D eigenvalue weighted by Crippen LogP contribution is -2.37. The van der Waals surface area contributed by atoms with Crippen LogP contribution in [0.5, 0.6) is 0 Å². The van der Waals surface area contributed by atoms with Gasteiger partial charge in [0.05, 0.1) is 11.0 Å². The van der Waals surface area contributed by atoms with Crippen molar-refractivity contribution in [2.75, 3.05) is 13.1 Å². The van der Waals surface area contributed by atoms with Crippen LogP contribution in [0.3, 0.4) is 0 Å². The number of carbonyl (C=O) groups is 1. The minimum Gasteiger partial charge on any atom is -0.352 e. The number of nitrogens with one attached hydrogen (secondary N) is 3. The summed E-state index contributed by atoms with van der Waals surface area (Å²) < 4.78 is 0. The van der Waals surface area contributed by atoms with Gasteiger partial charge in [0, 0.05) is 12.5 Å². The van der Waals surface area contributed by atoms with Crippen LogP contribution in [0.4, 0.5) is 0 Å². The Morgan fingerprint density at radius 1 is 1.40 bits per heavy atom. The number of imidazole rings is 1. The van der Waals surface area contributed by atoms with Gasteiger partial charge in [-0.1, -0.05) is 6.07 Å². The smallest absolute Gasteiger partial charge is 0.223 e. The van der Waals surface area contributed by atoms with Gasteiger partial charge in [-0.05, 0) is 50.6 Å². The fourth-order valence-electron chi connectivity index (χ4n) is 2.71. The number of aromatic amines is 1. The van der Waals surface area contributed by atoms with E-state index in [1.165, 1.54) is 0 Å². The van der Waals surface area contributed by atoms with Gasteiger partial charge in [-0.2, -0.15) is 0 Å². The molecule has 5 nitrogen and oxygen atoms in total. The first-order valence-corrected chi connectivity index (χ1v) is 7.16. The number of piperidine rings is 1. The van der Waals surface area contributed by atoms with E-state index in [2.05, 4.69) is 26.7 Å². The average Bonchev–Trinajstić information content (AvgIpc) is 2.85. The summed E-state index contributed by atoms with van der Waals surface area (Å²) in [5.41, 5.74) is 3.09. The van der Waals surface area contributed by atoms with Crippen LogP contribution in [0.25, 0.3) is 11.0 Å². The molecular formula is C15H20N4O. The van der Waals surface area contributed by atoms with E-state index in [0.717, 1.165) is 48.4 Å². The summed E-state index contributed by atoms with van der Waals surface area (Å²) in [5.74, 6) is 1.25. The molecule has 5 heteroatoms. The minimum absolute atomic E-state index is 0.161. The lowest BCUT2D eigenvalue weighted by atomic mass is 9.97. The van der Waals surface area contributed by atoms with Crippen molar-refractivity contribution in [1.82, 2.24) is 20.6 Å². The number of aryl methyl sites for hydroxylation is 1. The van der Waals surface area contributed by atoms with Crippen LogP contribution in [0.2, 0.25) is 0 Å². The number of rotatable bonds is 3. The Labute approximate surface area is 118 Å². The van der Waals surface area contributed by atoms with Gasteiger partial charge >= 0.3 is 0 Å². The lowest BCUT2D eigenvalue weighted by molar-refractivity contribution is -0.125. The maximum atomic E-state index is 12.1. The predicted molar refractivity (Wildman–Crippen MR) is 78.3 cm³/mol. The Bertz CT molecular complexity index is 613. The number of carbonyl (C=O) groups excluding carboxylic acids is 1. The maximum Gasteiger partial charge on any atom is 0.223 e. The summed E-state index contributed by atoms with van der Waals surface area (Å²) in [5, 5.41) is 6.31. The number of fused-ring (bicyclic) bond motifs is 1. The summed E-state index contributed by atoms with van der Waals surface area (Å²) >= 11 is 0. The Morgan fingerprint density at radius 3 is 3.00 bits per heavy atom. The highest BCUT2D eigenvalue weighted by molar-refractivity contribution is 5.79. The van der Waals surface area contributed by atoms with Crippen molar-refractivity contribution in [1.29, 1.82) is 0 Å². The van der Waals surface area contributed by atoms with Crippen LogP contribution in [0.15, 0.2) is 18.2 Å². The zero-order valence-corrected chi connectivity index (χ0v) is 11.7. The summed E-state index contributed by atoms with van der Waals surface area (Å²) in [7, 11) is 0. The number of hydrogen-bond acceptors (Lipinski definition) is 3. The van der Waals surface area contributed by atoms with Crippen molar-refractivity contribution in [2.45, 2.75) is 26.3 Å². The SMILES string of the molecule is Cc1nc2ccc(CNC(=O)C3CCNCC3)cc2[nH]1. The Hall–Kier alpha value is -1.88. The normalized spacial score (nSPS) is 16.4. The van der Waals surface area contributed by atoms with E-state index in [4.69, 9.17) is 0 Å². The maximum absolute atomic E-state index is 12.1. The van der Waals surface area contributed by atoms with Crippen molar-refractivity contribution >= 4 is 16.9 Å². The Balaban J connectivity index is 1.62. The fraction of sp³-hybridized carbons (Fsp3) is 0.467. The van der Waals surface area contributed by atoms with E-state index < -0.39 is 0 Å². The molecule has 0 aliphatic carbocycles. The number of amides is 1. The van der Waals surface area contributed by atoms with E-state index in [-0.39, 0.29) is 11.8 Å². The molecule has 2 aromatic rings. The molecule has 1 aliphatic rings. The molecule has 3 N–H and O–H groups in total. The molecule has 1 fully saturated rings. The van der Waals surface area contributed by atoms with E-state index in [1.54, 1.807) is 0 Å². The molecule has 1 aromatic heterocycles. The zero-order chi connectivity index (χ0) is 13.9. The third kappa shape index (κ3) is 2.82. The van der Waals surface area contributed by atoms with Gasteiger partial charge in [0.25, 0.3) is 0 Å². The largest absolute Gasteiger partial charge is 0.352 e. The van der Waals surface area contributed by atoms with Gasteiger partial charge in [-0.25, -0.2) is 4.98 Å². The molecule has 0 radical (unpaired) electrons. The highest BCUT2D eigenvalue weighted by atomic mass is 16.1. The average molecular weight is 272 g/mol. The first-order chi connectivity index (χ1) is 9.72. The zero-order valence-electron chi connectivity index (χ0n) is 11.7. The number of nitrogens with zero attached hydrogens (tertiary/aromatic N) is 1. The van der Waals surface area contributed by atoms with E-state index >= 15 is 0 Å². The van der Waals surface area contributed by atoms with Crippen LogP contribution < -0.4 is 10.6 Å². The van der Waals surface area contributed by atoms with Gasteiger partial charge < -0.3 is 15.6 Å². The van der Waals surface area contributed by atoms with Gasteiger partial charge in [0.1, 0.15) is 5.82 Å². The molecule has 0 bridgehead atoms. The predicted octanol–water partition coefficient (Wildman–Crippen LogP) is 1.49. The molecule has 3 rings (SSSR count). The molecule has 0 atom stereocenters. The van der Waals surface area contributed by atoms with Crippen LogP contribution in [-0.2, 0) is 11.3 Å². The standard InChI is InChI=1S/C15H20N4O/c1-10-18-13-3-2-11(8-14(13)19-10)9-17-15(20)12-4-6-16-7-5-12/h2-3,8,12,16H,4-7,9H2,1H3,(H,17,20)(H,18,19). The molecule has 0 saturated carbocycles. The number of H-pyrrole nitrogens is 1. The monoisotopic (exact) mass is 272 g/mol. The Kier molecular flexibility index (Phi) is 3.69. The summed E-state index contributed by atoms with van der Waals surface area (Å²) in [4.78, 5) is 19.7. The summed E-state index contributed by atoms with van der Waals surface area (Å²) in [6, 6.07) is 6.06. The quantitative estimate of drug-likeness (QED) is 0.793. The van der Waals surface area contributed by atoms with Crippen molar-refractivity contribution in [3.05, 3.63) is 29.6 Å². The third-order valence-corrected chi connectivity index (χ3v) is 3.84. The summed E-state index contributed by atoms with van der Waals surface area (Å²) in [6.07, 6.45) is 1.87. The van der Waals surface area contributed by atoms with Crippen LogP contribution in [0, 0.1) is 12.8 Å². The summed E-state index contributed by atoms with van der Waals surface area (Å²) in [6.45, 7) is 4.41. The molecule has 106 valence electrons.